The van der Waals surface area contributed by atoms with Crippen molar-refractivity contribution in [2.75, 3.05) is 0 Å². The van der Waals surface area contributed by atoms with E-state index in [9.17, 15) is 0 Å². The average Bonchev–Trinajstić information content (AvgIpc) is 3.30. The summed E-state index contributed by atoms with van der Waals surface area (Å²) < 4.78 is 0.991. The second kappa shape index (κ2) is 6.07. The van der Waals surface area contributed by atoms with E-state index in [1.54, 1.807) is 0 Å². The van der Waals surface area contributed by atoms with Crippen molar-refractivity contribution in [3.8, 4) is 0 Å². The van der Waals surface area contributed by atoms with E-state index in [0.29, 0.717) is 9.51 Å². The zero-order valence-electron chi connectivity index (χ0n) is 14.1. The molecule has 3 aliphatic carbocycles. The monoisotopic (exact) mass is 324 g/mol. The van der Waals surface area contributed by atoms with E-state index < -0.39 is 21.4 Å². The van der Waals surface area contributed by atoms with Crippen LogP contribution in [0.5, 0.6) is 0 Å². The Labute approximate surface area is 143 Å². The van der Waals surface area contributed by atoms with Crippen molar-refractivity contribution in [2.24, 2.45) is 0 Å². The summed E-state index contributed by atoms with van der Waals surface area (Å²) in [7, 11) is 0. The molecule has 0 N–H and O–H groups in total. The van der Waals surface area contributed by atoms with Crippen LogP contribution in [0.1, 0.15) is 40.0 Å². The fourth-order valence-corrected chi connectivity index (χ4v) is 14.4. The molecule has 0 aromatic heterocycles. The van der Waals surface area contributed by atoms with Gasteiger partial charge in [0.2, 0.25) is 0 Å². The molecule has 0 aromatic rings. The Morgan fingerprint density at radius 3 is 0.909 bits per heavy atom. The van der Waals surface area contributed by atoms with Crippen LogP contribution in [0.2, 0.25) is 9.51 Å². The summed E-state index contributed by atoms with van der Waals surface area (Å²) in [5.74, 6) is 0. The van der Waals surface area contributed by atoms with Crippen LogP contribution < -0.4 is 0 Å². The van der Waals surface area contributed by atoms with Gasteiger partial charge < -0.3 is 0 Å². The fraction of sp³-hybridized carbons (Fsp3) is 0.429. The van der Waals surface area contributed by atoms with Gasteiger partial charge in [-0.15, -0.1) is 0 Å². The van der Waals surface area contributed by atoms with E-state index in [1.165, 1.54) is 19.3 Å². The van der Waals surface area contributed by atoms with Gasteiger partial charge in [-0.3, -0.25) is 0 Å². The molecule has 0 unspecified atom stereocenters. The molecular formula is C21H27Sc. The Morgan fingerprint density at radius 1 is 0.500 bits per heavy atom. The third-order valence-electron chi connectivity index (χ3n) is 6.22. The van der Waals surface area contributed by atoms with E-state index >= 15 is 0 Å². The maximum absolute atomic E-state index is 2.53. The Hall–Kier alpha value is -0.690. The van der Waals surface area contributed by atoms with Gasteiger partial charge in [0.15, 0.2) is 0 Å². The summed E-state index contributed by atoms with van der Waals surface area (Å²) in [4.78, 5) is 0. The fourth-order valence-electron chi connectivity index (χ4n) is 4.97. The maximum atomic E-state index is 2.53. The molecule has 22 heavy (non-hydrogen) atoms. The van der Waals surface area contributed by atoms with Gasteiger partial charge in [0.05, 0.1) is 0 Å². The molecule has 3 aliphatic rings. The zero-order chi connectivity index (χ0) is 15.7. The van der Waals surface area contributed by atoms with Crippen molar-refractivity contribution in [1.82, 2.24) is 0 Å². The molecule has 0 nitrogen and oxygen atoms in total. The molecule has 3 rings (SSSR count). The van der Waals surface area contributed by atoms with Gasteiger partial charge >= 0.3 is 144 Å². The van der Waals surface area contributed by atoms with Crippen LogP contribution in [0.25, 0.3) is 0 Å². The van der Waals surface area contributed by atoms with Gasteiger partial charge in [-0.05, 0) is 0 Å². The van der Waals surface area contributed by atoms with Crippen molar-refractivity contribution in [2.45, 2.75) is 49.5 Å². The second-order valence-electron chi connectivity index (χ2n) is 6.99. The molecule has 0 saturated heterocycles. The predicted molar refractivity (Wildman–Crippen MR) is 93.8 cm³/mol. The third-order valence-corrected chi connectivity index (χ3v) is 15.0. The molecule has 0 radical (unpaired) electrons. The average molecular weight is 324 g/mol. The summed E-state index contributed by atoms with van der Waals surface area (Å²) in [6, 6.07) is 0. The Bertz CT molecular complexity index is 476. The predicted octanol–water partition coefficient (Wildman–Crippen LogP) is 6.69. The number of allylic oxidation sites excluding steroid dienone is 12. The SMILES string of the molecule is CC[C]1([Sc]([C]2(CC)C=CC=C2)[C]2(CC)C=CC=C2)C=CC=C1. The Balaban J connectivity index is 2.19. The van der Waals surface area contributed by atoms with Crippen molar-refractivity contribution in [3.63, 3.8) is 0 Å². The molecule has 0 fully saturated rings. The molecule has 0 atom stereocenters. The first-order valence-electron chi connectivity index (χ1n) is 8.78. The van der Waals surface area contributed by atoms with Crippen LogP contribution in [0.15, 0.2) is 72.9 Å². The molecular weight excluding hydrogens is 297 g/mol. The van der Waals surface area contributed by atoms with Crippen molar-refractivity contribution >= 4 is 0 Å². The van der Waals surface area contributed by atoms with Crippen molar-refractivity contribution < 1.29 is 21.4 Å². The number of hydrogen-bond donors (Lipinski definition) is 0. The second-order valence-corrected chi connectivity index (χ2v) is 13.4. The van der Waals surface area contributed by atoms with Crippen LogP contribution in [0, 0.1) is 0 Å². The van der Waals surface area contributed by atoms with E-state index in [1.807, 2.05) is 0 Å². The van der Waals surface area contributed by atoms with Crippen LogP contribution in [-0.2, 0) is 21.4 Å². The summed E-state index contributed by atoms with van der Waals surface area (Å²) in [5.41, 5.74) is 0. The first-order valence-corrected chi connectivity index (χ1v) is 11.5. The van der Waals surface area contributed by atoms with Gasteiger partial charge in [-0.2, -0.15) is 0 Å². The summed E-state index contributed by atoms with van der Waals surface area (Å²) in [5, 5.41) is 0. The molecule has 0 aromatic carbocycles. The third kappa shape index (κ3) is 2.28. The van der Waals surface area contributed by atoms with Crippen LogP contribution in [0.3, 0.4) is 0 Å². The van der Waals surface area contributed by atoms with Gasteiger partial charge in [0, 0.05) is 0 Å². The first-order chi connectivity index (χ1) is 10.7. The standard InChI is InChI=1S/3C7H9.Sc/c3*1-2-7-5-3-4-6-7;/h3*3-6H,2H2,1H3;. The quantitative estimate of drug-likeness (QED) is 0.510. The summed E-state index contributed by atoms with van der Waals surface area (Å²) in [6.45, 7) is 7.15. The van der Waals surface area contributed by atoms with Crippen LogP contribution in [-0.4, -0.2) is 0 Å². The van der Waals surface area contributed by atoms with E-state index in [2.05, 4.69) is 93.7 Å². The van der Waals surface area contributed by atoms with Gasteiger partial charge in [-0.1, -0.05) is 0 Å². The van der Waals surface area contributed by atoms with E-state index in [-0.39, 0.29) is 0 Å². The molecule has 0 spiro atoms. The molecule has 0 aliphatic heterocycles. The minimum atomic E-state index is -1.96. The Morgan fingerprint density at radius 2 is 0.727 bits per heavy atom. The summed E-state index contributed by atoms with van der Waals surface area (Å²) in [6.07, 6.45) is 32.7. The van der Waals surface area contributed by atoms with Crippen molar-refractivity contribution in [1.29, 1.82) is 0 Å². The Kier molecular flexibility index (Phi) is 4.47. The summed E-state index contributed by atoms with van der Waals surface area (Å²) >= 11 is -1.96. The number of rotatable bonds is 6. The topological polar surface area (TPSA) is 0 Å². The zero-order valence-corrected chi connectivity index (χ0v) is 15.9. The molecule has 0 saturated carbocycles. The number of hydrogen-bond acceptors (Lipinski definition) is 0. The molecule has 0 amide bonds. The van der Waals surface area contributed by atoms with Gasteiger partial charge in [0.25, 0.3) is 0 Å². The van der Waals surface area contributed by atoms with Crippen LogP contribution >= 0.6 is 0 Å². The molecule has 0 bridgehead atoms. The van der Waals surface area contributed by atoms with Crippen molar-refractivity contribution in [3.05, 3.63) is 72.9 Å². The normalized spacial score (nSPS) is 24.7. The molecule has 1 heteroatoms. The molecule has 0 heterocycles. The van der Waals surface area contributed by atoms with E-state index in [0.717, 1.165) is 0 Å². The minimum absolute atomic E-state index is 0.330. The van der Waals surface area contributed by atoms with Crippen LogP contribution in [0.4, 0.5) is 0 Å². The molecule has 114 valence electrons. The van der Waals surface area contributed by atoms with Gasteiger partial charge in [-0.25, -0.2) is 0 Å². The first kappa shape index (κ1) is 16.2. The van der Waals surface area contributed by atoms with E-state index in [4.69, 9.17) is 0 Å². The van der Waals surface area contributed by atoms with Gasteiger partial charge in [0.1, 0.15) is 0 Å².